The molecule has 4 nitrogen and oxygen atoms in total. The van der Waals surface area contributed by atoms with Crippen molar-refractivity contribution in [3.05, 3.63) is 0 Å². The van der Waals surface area contributed by atoms with Crippen LogP contribution < -0.4 is 5.73 Å². The van der Waals surface area contributed by atoms with E-state index >= 15 is 0 Å². The van der Waals surface area contributed by atoms with Gasteiger partial charge in [0.05, 0.1) is 13.2 Å². The average Bonchev–Trinajstić information content (AvgIpc) is 2.16. The molecule has 1 aliphatic rings. The molecule has 76 valence electrons. The van der Waals surface area contributed by atoms with Crippen LogP contribution in [0.2, 0.25) is 0 Å². The third kappa shape index (κ3) is 2.19. The van der Waals surface area contributed by atoms with Gasteiger partial charge in [-0.1, -0.05) is 0 Å². The average molecular weight is 187 g/mol. The van der Waals surface area contributed by atoms with Crippen LogP contribution in [0.1, 0.15) is 25.7 Å². The van der Waals surface area contributed by atoms with Gasteiger partial charge in [0.2, 0.25) is 0 Å². The van der Waals surface area contributed by atoms with Crippen molar-refractivity contribution in [3.8, 4) is 0 Å². The fourth-order valence-electron chi connectivity index (χ4n) is 1.85. The summed E-state index contributed by atoms with van der Waals surface area (Å²) >= 11 is 0. The summed E-state index contributed by atoms with van der Waals surface area (Å²) in [6, 6.07) is 0. The number of nitrogens with two attached hydrogens (primary N) is 1. The predicted octanol–water partition coefficient (Wildman–Crippen LogP) is 0.446. The van der Waals surface area contributed by atoms with E-state index in [-0.39, 0.29) is 12.1 Å². The van der Waals surface area contributed by atoms with E-state index in [1.807, 2.05) is 0 Å². The molecule has 0 aliphatic heterocycles. The Labute approximate surface area is 78.4 Å². The summed E-state index contributed by atoms with van der Waals surface area (Å²) in [5.41, 5.74) is 5.10. The Morgan fingerprint density at radius 3 is 2.77 bits per heavy atom. The molecule has 4 heteroatoms. The largest absolute Gasteiger partial charge is 0.468 e. The third-order valence-corrected chi connectivity index (χ3v) is 2.67. The quantitative estimate of drug-likeness (QED) is 0.637. The standard InChI is InChI=1S/C9H17NO3/c1-12-7-4-3-5-9(10,6-7)8(11)13-2/h7H,3-6,10H2,1-2H3. The molecule has 1 saturated carbocycles. The Bertz CT molecular complexity index is 195. The molecule has 2 unspecified atom stereocenters. The van der Waals surface area contributed by atoms with Crippen LogP contribution in [-0.4, -0.2) is 31.8 Å². The van der Waals surface area contributed by atoms with E-state index < -0.39 is 5.54 Å². The van der Waals surface area contributed by atoms with Crippen molar-refractivity contribution in [3.63, 3.8) is 0 Å². The highest BCUT2D eigenvalue weighted by molar-refractivity contribution is 5.80. The van der Waals surface area contributed by atoms with Gasteiger partial charge in [-0.05, 0) is 19.3 Å². The number of carbonyl (C=O) groups excluding carboxylic acids is 1. The third-order valence-electron chi connectivity index (χ3n) is 2.67. The Hall–Kier alpha value is -0.610. The SMILES string of the molecule is COC(=O)C1(N)CCCC(OC)C1. The van der Waals surface area contributed by atoms with Gasteiger partial charge in [-0.15, -0.1) is 0 Å². The molecule has 0 saturated heterocycles. The van der Waals surface area contributed by atoms with E-state index in [9.17, 15) is 4.79 Å². The van der Waals surface area contributed by atoms with Crippen LogP contribution in [0.15, 0.2) is 0 Å². The number of esters is 1. The first-order valence-corrected chi connectivity index (χ1v) is 4.52. The highest BCUT2D eigenvalue weighted by Gasteiger charge is 2.40. The summed E-state index contributed by atoms with van der Waals surface area (Å²) in [5, 5.41) is 0. The first-order valence-electron chi connectivity index (χ1n) is 4.52. The summed E-state index contributed by atoms with van der Waals surface area (Å²) in [6.07, 6.45) is 3.25. The fraction of sp³-hybridized carbons (Fsp3) is 0.889. The summed E-state index contributed by atoms with van der Waals surface area (Å²) in [6.45, 7) is 0. The fourth-order valence-corrected chi connectivity index (χ4v) is 1.85. The second kappa shape index (κ2) is 4.07. The van der Waals surface area contributed by atoms with Gasteiger partial charge in [0.1, 0.15) is 5.54 Å². The molecule has 0 aromatic heterocycles. The number of ether oxygens (including phenoxy) is 2. The van der Waals surface area contributed by atoms with Gasteiger partial charge in [-0.25, -0.2) is 0 Å². The lowest BCUT2D eigenvalue weighted by atomic mass is 9.81. The molecular weight excluding hydrogens is 170 g/mol. The van der Waals surface area contributed by atoms with Crippen molar-refractivity contribution in [2.24, 2.45) is 5.73 Å². The smallest absolute Gasteiger partial charge is 0.325 e. The van der Waals surface area contributed by atoms with E-state index in [0.717, 1.165) is 12.8 Å². The zero-order chi connectivity index (χ0) is 9.90. The summed E-state index contributed by atoms with van der Waals surface area (Å²) in [4.78, 5) is 11.3. The normalized spacial score (nSPS) is 34.2. The monoisotopic (exact) mass is 187 g/mol. The molecule has 0 aromatic carbocycles. The number of hydrogen-bond donors (Lipinski definition) is 1. The summed E-state index contributed by atoms with van der Waals surface area (Å²) < 4.78 is 9.86. The van der Waals surface area contributed by atoms with E-state index in [2.05, 4.69) is 4.74 Å². The second-order valence-corrected chi connectivity index (χ2v) is 3.60. The zero-order valence-corrected chi connectivity index (χ0v) is 8.21. The Morgan fingerprint density at radius 2 is 2.23 bits per heavy atom. The van der Waals surface area contributed by atoms with Crippen LogP contribution in [0.4, 0.5) is 0 Å². The minimum absolute atomic E-state index is 0.0952. The molecule has 0 bridgehead atoms. The molecule has 1 fully saturated rings. The first kappa shape index (κ1) is 10.5. The molecule has 0 spiro atoms. The van der Waals surface area contributed by atoms with Crippen molar-refractivity contribution >= 4 is 5.97 Å². The van der Waals surface area contributed by atoms with Crippen molar-refractivity contribution < 1.29 is 14.3 Å². The highest BCUT2D eigenvalue weighted by Crippen LogP contribution is 2.28. The number of carbonyl (C=O) groups is 1. The maximum Gasteiger partial charge on any atom is 0.325 e. The minimum atomic E-state index is -0.826. The van der Waals surface area contributed by atoms with Crippen molar-refractivity contribution in [2.75, 3.05) is 14.2 Å². The van der Waals surface area contributed by atoms with Crippen LogP contribution in [-0.2, 0) is 14.3 Å². The topological polar surface area (TPSA) is 61.5 Å². The van der Waals surface area contributed by atoms with Gasteiger partial charge < -0.3 is 15.2 Å². The minimum Gasteiger partial charge on any atom is -0.468 e. The molecule has 0 aromatic rings. The lowest BCUT2D eigenvalue weighted by Crippen LogP contribution is -2.53. The molecule has 2 N–H and O–H groups in total. The molecule has 1 rings (SSSR count). The predicted molar refractivity (Wildman–Crippen MR) is 48.2 cm³/mol. The Balaban J connectivity index is 2.62. The van der Waals surface area contributed by atoms with E-state index in [4.69, 9.17) is 10.5 Å². The number of methoxy groups -OCH3 is 2. The van der Waals surface area contributed by atoms with E-state index in [0.29, 0.717) is 12.8 Å². The Morgan fingerprint density at radius 1 is 1.54 bits per heavy atom. The van der Waals surface area contributed by atoms with E-state index in [1.165, 1.54) is 7.11 Å². The van der Waals surface area contributed by atoms with Gasteiger partial charge in [0.15, 0.2) is 0 Å². The second-order valence-electron chi connectivity index (χ2n) is 3.60. The maximum atomic E-state index is 11.3. The Kier molecular flexibility index (Phi) is 3.27. The molecule has 1 aliphatic carbocycles. The number of rotatable bonds is 2. The zero-order valence-electron chi connectivity index (χ0n) is 8.21. The summed E-state index contributed by atoms with van der Waals surface area (Å²) in [5.74, 6) is -0.325. The highest BCUT2D eigenvalue weighted by atomic mass is 16.5. The molecular formula is C9H17NO3. The lowest BCUT2D eigenvalue weighted by molar-refractivity contribution is -0.150. The van der Waals surface area contributed by atoms with Crippen molar-refractivity contribution in [1.29, 1.82) is 0 Å². The van der Waals surface area contributed by atoms with Gasteiger partial charge in [0, 0.05) is 13.5 Å². The van der Waals surface area contributed by atoms with Gasteiger partial charge in [-0.2, -0.15) is 0 Å². The van der Waals surface area contributed by atoms with Gasteiger partial charge >= 0.3 is 5.97 Å². The van der Waals surface area contributed by atoms with Gasteiger partial charge in [-0.3, -0.25) is 4.79 Å². The number of hydrogen-bond acceptors (Lipinski definition) is 4. The van der Waals surface area contributed by atoms with Crippen molar-refractivity contribution in [1.82, 2.24) is 0 Å². The first-order chi connectivity index (χ1) is 6.12. The van der Waals surface area contributed by atoms with Crippen LogP contribution in [0.3, 0.4) is 0 Å². The molecule has 13 heavy (non-hydrogen) atoms. The molecule has 0 heterocycles. The lowest BCUT2D eigenvalue weighted by Gasteiger charge is -2.34. The van der Waals surface area contributed by atoms with Gasteiger partial charge in [0.25, 0.3) is 0 Å². The van der Waals surface area contributed by atoms with E-state index in [1.54, 1.807) is 7.11 Å². The molecule has 0 radical (unpaired) electrons. The van der Waals surface area contributed by atoms with Crippen molar-refractivity contribution in [2.45, 2.75) is 37.3 Å². The summed E-state index contributed by atoms with van der Waals surface area (Å²) in [7, 11) is 3.01. The van der Waals surface area contributed by atoms with Crippen LogP contribution in [0.25, 0.3) is 0 Å². The van der Waals surface area contributed by atoms with Crippen LogP contribution >= 0.6 is 0 Å². The van der Waals surface area contributed by atoms with Crippen LogP contribution in [0, 0.1) is 0 Å². The molecule has 0 amide bonds. The maximum absolute atomic E-state index is 11.3. The van der Waals surface area contributed by atoms with Crippen LogP contribution in [0.5, 0.6) is 0 Å². The molecule has 2 atom stereocenters.